The van der Waals surface area contributed by atoms with E-state index in [-0.39, 0.29) is 6.04 Å². The van der Waals surface area contributed by atoms with Crippen molar-refractivity contribution >= 4 is 5.96 Å². The lowest BCUT2D eigenvalue weighted by Gasteiger charge is -2.18. The molecule has 152 valence electrons. The number of nitrogens with one attached hydrogen (secondary N) is 2. The van der Waals surface area contributed by atoms with Crippen molar-refractivity contribution < 1.29 is 4.74 Å². The molecule has 1 unspecified atom stereocenters. The van der Waals surface area contributed by atoms with Gasteiger partial charge < -0.3 is 15.4 Å². The third kappa shape index (κ3) is 5.87. The maximum absolute atomic E-state index is 5.73. The average molecular weight is 384 g/mol. The topological polar surface area (TPSA) is 63.5 Å². The molecular formula is C22H33N5O. The molecule has 1 heterocycles. The second kappa shape index (κ2) is 10.5. The van der Waals surface area contributed by atoms with Crippen LogP contribution in [0.2, 0.25) is 0 Å². The predicted molar refractivity (Wildman–Crippen MR) is 116 cm³/mol. The van der Waals surface area contributed by atoms with Crippen LogP contribution in [0, 0.1) is 13.8 Å². The fraction of sp³-hybridized carbons (Fsp3) is 0.455. The van der Waals surface area contributed by atoms with Crippen LogP contribution in [0.15, 0.2) is 41.9 Å². The van der Waals surface area contributed by atoms with Gasteiger partial charge >= 0.3 is 0 Å². The number of rotatable bonds is 9. The van der Waals surface area contributed by atoms with Crippen LogP contribution in [0.4, 0.5) is 0 Å². The van der Waals surface area contributed by atoms with Gasteiger partial charge in [0, 0.05) is 30.9 Å². The lowest BCUT2D eigenvalue weighted by Crippen LogP contribution is -2.43. The molecule has 6 heteroatoms. The second-order valence-electron chi connectivity index (χ2n) is 6.93. The summed E-state index contributed by atoms with van der Waals surface area (Å²) < 4.78 is 7.67. The molecule has 0 amide bonds. The van der Waals surface area contributed by atoms with Crippen LogP contribution in [-0.4, -0.2) is 34.9 Å². The molecule has 0 fully saturated rings. The largest absolute Gasteiger partial charge is 0.489 e. The van der Waals surface area contributed by atoms with Gasteiger partial charge in [0.05, 0.1) is 12.2 Å². The summed E-state index contributed by atoms with van der Waals surface area (Å²) in [5, 5.41) is 11.3. The molecule has 2 N–H and O–H groups in total. The van der Waals surface area contributed by atoms with Crippen molar-refractivity contribution in [2.75, 3.05) is 13.2 Å². The summed E-state index contributed by atoms with van der Waals surface area (Å²) in [6, 6.07) is 8.20. The quantitative estimate of drug-likeness (QED) is 0.396. The van der Waals surface area contributed by atoms with Crippen molar-refractivity contribution in [2.45, 2.75) is 46.7 Å². The number of guanidine groups is 1. The van der Waals surface area contributed by atoms with Crippen LogP contribution in [0.25, 0.3) is 0 Å². The smallest absolute Gasteiger partial charge is 0.191 e. The van der Waals surface area contributed by atoms with E-state index in [1.165, 1.54) is 11.3 Å². The molecule has 0 spiro atoms. The Morgan fingerprint density at radius 2 is 2.11 bits per heavy atom. The summed E-state index contributed by atoms with van der Waals surface area (Å²) >= 11 is 0. The van der Waals surface area contributed by atoms with Gasteiger partial charge in [-0.1, -0.05) is 30.9 Å². The number of nitrogens with zero attached hydrogens (tertiary/aromatic N) is 3. The highest BCUT2D eigenvalue weighted by Gasteiger charge is 2.14. The maximum Gasteiger partial charge on any atom is 0.191 e. The van der Waals surface area contributed by atoms with Gasteiger partial charge in [-0.25, -0.2) is 4.99 Å². The number of aliphatic imine (C=N–C) groups is 1. The summed E-state index contributed by atoms with van der Waals surface area (Å²) in [6.45, 7) is 13.9. The first kappa shape index (κ1) is 21.5. The lowest BCUT2D eigenvalue weighted by molar-refractivity contribution is 0.359. The molecule has 1 aromatic carbocycles. The van der Waals surface area contributed by atoms with Crippen molar-refractivity contribution in [2.24, 2.45) is 12.0 Å². The minimum absolute atomic E-state index is 0.228. The van der Waals surface area contributed by atoms with Crippen LogP contribution in [0.5, 0.6) is 5.75 Å². The Labute approximate surface area is 168 Å². The summed E-state index contributed by atoms with van der Waals surface area (Å²) in [5.74, 6) is 1.64. The van der Waals surface area contributed by atoms with E-state index in [4.69, 9.17) is 9.73 Å². The fourth-order valence-corrected chi connectivity index (χ4v) is 3.11. The molecule has 0 aliphatic heterocycles. The van der Waals surface area contributed by atoms with E-state index in [0.717, 1.165) is 35.9 Å². The third-order valence-corrected chi connectivity index (χ3v) is 4.63. The van der Waals surface area contributed by atoms with E-state index < -0.39 is 0 Å². The first-order chi connectivity index (χ1) is 13.5. The Hall–Kier alpha value is -2.76. The zero-order chi connectivity index (χ0) is 20.5. The Morgan fingerprint density at radius 3 is 2.75 bits per heavy atom. The van der Waals surface area contributed by atoms with Crippen molar-refractivity contribution in [3.8, 4) is 5.75 Å². The minimum Gasteiger partial charge on any atom is -0.489 e. The first-order valence-electron chi connectivity index (χ1n) is 9.81. The highest BCUT2D eigenvalue weighted by atomic mass is 16.5. The van der Waals surface area contributed by atoms with Gasteiger partial charge in [0.15, 0.2) is 5.96 Å². The highest BCUT2D eigenvalue weighted by Crippen LogP contribution is 2.19. The number of ether oxygens (including phenoxy) is 1. The van der Waals surface area contributed by atoms with Gasteiger partial charge in [-0.2, -0.15) is 5.10 Å². The van der Waals surface area contributed by atoms with E-state index >= 15 is 0 Å². The Balaban J connectivity index is 2.07. The summed E-state index contributed by atoms with van der Waals surface area (Å²) in [7, 11) is 1.99. The summed E-state index contributed by atoms with van der Waals surface area (Å²) in [6.07, 6.45) is 2.64. The molecule has 1 atom stereocenters. The van der Waals surface area contributed by atoms with E-state index in [1.807, 2.05) is 36.0 Å². The van der Waals surface area contributed by atoms with Gasteiger partial charge in [-0.15, -0.1) is 0 Å². The third-order valence-electron chi connectivity index (χ3n) is 4.63. The standard InChI is InChI=1S/C22H33N5O/c1-7-13-28-21-12-10-9-11-19(21)15-24-22(23-8-2)25-16(3)14-20-17(4)26-27(6)18(20)5/h7,9-12,16H,1,8,13-15H2,2-6H3,(H2,23,24,25). The number of para-hydroxylation sites is 1. The molecule has 2 rings (SSSR count). The molecule has 0 saturated heterocycles. The van der Waals surface area contributed by atoms with E-state index in [1.54, 1.807) is 6.08 Å². The molecule has 6 nitrogen and oxygen atoms in total. The number of aryl methyl sites for hydroxylation is 2. The van der Waals surface area contributed by atoms with Crippen LogP contribution < -0.4 is 15.4 Å². The number of benzene rings is 1. The monoisotopic (exact) mass is 383 g/mol. The second-order valence-corrected chi connectivity index (χ2v) is 6.93. The lowest BCUT2D eigenvalue weighted by atomic mass is 10.1. The molecule has 2 aromatic rings. The molecular weight excluding hydrogens is 350 g/mol. The Kier molecular flexibility index (Phi) is 8.11. The highest BCUT2D eigenvalue weighted by molar-refractivity contribution is 5.80. The Morgan fingerprint density at radius 1 is 1.36 bits per heavy atom. The molecule has 0 bridgehead atoms. The van der Waals surface area contributed by atoms with Crippen LogP contribution in [-0.2, 0) is 20.0 Å². The number of aromatic nitrogens is 2. The van der Waals surface area contributed by atoms with Gasteiger partial charge in [-0.3, -0.25) is 4.68 Å². The van der Waals surface area contributed by atoms with Crippen molar-refractivity contribution in [1.29, 1.82) is 0 Å². The zero-order valence-electron chi connectivity index (χ0n) is 17.7. The zero-order valence-corrected chi connectivity index (χ0v) is 17.7. The van der Waals surface area contributed by atoms with Crippen molar-refractivity contribution in [3.05, 3.63) is 59.4 Å². The minimum atomic E-state index is 0.228. The van der Waals surface area contributed by atoms with E-state index in [0.29, 0.717) is 13.2 Å². The number of hydrogen-bond acceptors (Lipinski definition) is 3. The van der Waals surface area contributed by atoms with Crippen LogP contribution >= 0.6 is 0 Å². The van der Waals surface area contributed by atoms with E-state index in [9.17, 15) is 0 Å². The molecule has 28 heavy (non-hydrogen) atoms. The predicted octanol–water partition coefficient (Wildman–Crippen LogP) is 3.29. The van der Waals surface area contributed by atoms with E-state index in [2.05, 4.69) is 50.0 Å². The number of hydrogen-bond donors (Lipinski definition) is 2. The van der Waals surface area contributed by atoms with Crippen LogP contribution in [0.1, 0.15) is 36.4 Å². The van der Waals surface area contributed by atoms with Gasteiger partial charge in [-0.05, 0) is 45.7 Å². The fourth-order valence-electron chi connectivity index (χ4n) is 3.11. The molecule has 1 aromatic heterocycles. The molecule has 0 aliphatic rings. The van der Waals surface area contributed by atoms with Gasteiger partial charge in [0.2, 0.25) is 0 Å². The molecule has 0 aliphatic carbocycles. The first-order valence-corrected chi connectivity index (χ1v) is 9.81. The van der Waals surface area contributed by atoms with Crippen LogP contribution in [0.3, 0.4) is 0 Å². The normalized spacial score (nSPS) is 12.5. The maximum atomic E-state index is 5.73. The summed E-state index contributed by atoms with van der Waals surface area (Å²) in [4.78, 5) is 4.75. The van der Waals surface area contributed by atoms with Gasteiger partial charge in [0.1, 0.15) is 12.4 Å². The Bertz CT molecular complexity index is 809. The average Bonchev–Trinajstić information content (AvgIpc) is 2.91. The molecule has 0 radical (unpaired) electrons. The van der Waals surface area contributed by atoms with Gasteiger partial charge in [0.25, 0.3) is 0 Å². The van der Waals surface area contributed by atoms with Crippen molar-refractivity contribution in [1.82, 2.24) is 20.4 Å². The summed E-state index contributed by atoms with van der Waals surface area (Å²) in [5.41, 5.74) is 4.64. The molecule has 0 saturated carbocycles. The van der Waals surface area contributed by atoms with Crippen molar-refractivity contribution in [3.63, 3.8) is 0 Å². The SMILES string of the molecule is C=CCOc1ccccc1CN=C(NCC)NC(C)Cc1c(C)nn(C)c1C.